The van der Waals surface area contributed by atoms with Crippen molar-refractivity contribution in [2.75, 3.05) is 0 Å². The summed E-state index contributed by atoms with van der Waals surface area (Å²) in [6.45, 7) is 6.88. The standard InChI is InChI=1S/C16H26O/c1-4-13(3)12-14(5-2)10-11-15-8-6-7-9-16(15)17/h6-9,13-14,17H,4-5,10-12H2,1-3H3. The molecule has 1 N–H and O–H groups in total. The lowest BCUT2D eigenvalue weighted by atomic mass is 9.87. The van der Waals surface area contributed by atoms with Crippen LogP contribution in [0.25, 0.3) is 0 Å². The van der Waals surface area contributed by atoms with E-state index in [1.54, 1.807) is 6.07 Å². The number of para-hydroxylation sites is 1. The van der Waals surface area contributed by atoms with E-state index in [2.05, 4.69) is 20.8 Å². The fourth-order valence-electron chi connectivity index (χ4n) is 2.31. The molecule has 17 heavy (non-hydrogen) atoms. The van der Waals surface area contributed by atoms with E-state index in [0.717, 1.165) is 23.8 Å². The molecule has 0 bridgehead atoms. The predicted octanol–water partition coefficient (Wildman–Crippen LogP) is 4.79. The first-order valence-electron chi connectivity index (χ1n) is 6.94. The fourth-order valence-corrected chi connectivity index (χ4v) is 2.31. The van der Waals surface area contributed by atoms with E-state index in [4.69, 9.17) is 0 Å². The first-order valence-corrected chi connectivity index (χ1v) is 6.94. The van der Waals surface area contributed by atoms with E-state index in [1.807, 2.05) is 18.2 Å². The number of hydrogen-bond donors (Lipinski definition) is 1. The molecule has 0 amide bonds. The van der Waals surface area contributed by atoms with Crippen molar-refractivity contribution < 1.29 is 5.11 Å². The highest BCUT2D eigenvalue weighted by atomic mass is 16.3. The third kappa shape index (κ3) is 4.80. The lowest BCUT2D eigenvalue weighted by molar-refractivity contribution is 0.352. The summed E-state index contributed by atoms with van der Waals surface area (Å²) >= 11 is 0. The SMILES string of the molecule is CCC(C)CC(CC)CCc1ccccc1O. The Kier molecular flexibility index (Phi) is 6.10. The highest BCUT2D eigenvalue weighted by molar-refractivity contribution is 5.31. The van der Waals surface area contributed by atoms with Crippen LogP contribution in [0.3, 0.4) is 0 Å². The van der Waals surface area contributed by atoms with Gasteiger partial charge in [-0.2, -0.15) is 0 Å². The number of rotatable bonds is 7. The topological polar surface area (TPSA) is 20.2 Å². The summed E-state index contributed by atoms with van der Waals surface area (Å²) in [5, 5.41) is 9.72. The zero-order chi connectivity index (χ0) is 12.7. The first-order chi connectivity index (χ1) is 8.17. The lowest BCUT2D eigenvalue weighted by Gasteiger charge is -2.18. The number of aryl methyl sites for hydroxylation is 1. The zero-order valence-electron chi connectivity index (χ0n) is 11.4. The van der Waals surface area contributed by atoms with Crippen LogP contribution in [0.15, 0.2) is 24.3 Å². The van der Waals surface area contributed by atoms with Gasteiger partial charge in [0, 0.05) is 0 Å². The maximum atomic E-state index is 9.72. The number of benzene rings is 1. The minimum absolute atomic E-state index is 0.450. The van der Waals surface area contributed by atoms with Gasteiger partial charge in [0.15, 0.2) is 0 Å². The molecule has 0 aliphatic carbocycles. The maximum Gasteiger partial charge on any atom is 0.118 e. The molecular formula is C16H26O. The summed E-state index contributed by atoms with van der Waals surface area (Å²) in [5.41, 5.74) is 1.09. The minimum Gasteiger partial charge on any atom is -0.508 e. The molecule has 1 rings (SSSR count). The average Bonchev–Trinajstić information content (AvgIpc) is 2.35. The van der Waals surface area contributed by atoms with Crippen molar-refractivity contribution in [3.8, 4) is 5.75 Å². The first kappa shape index (κ1) is 14.1. The van der Waals surface area contributed by atoms with Crippen molar-refractivity contribution in [3.05, 3.63) is 29.8 Å². The van der Waals surface area contributed by atoms with E-state index in [-0.39, 0.29) is 0 Å². The van der Waals surface area contributed by atoms with Gasteiger partial charge in [-0.05, 0) is 42.7 Å². The number of hydrogen-bond acceptors (Lipinski definition) is 1. The third-order valence-electron chi connectivity index (χ3n) is 3.82. The van der Waals surface area contributed by atoms with Crippen LogP contribution in [0, 0.1) is 11.8 Å². The summed E-state index contributed by atoms with van der Waals surface area (Å²) in [5.74, 6) is 2.07. The molecule has 2 unspecified atom stereocenters. The van der Waals surface area contributed by atoms with Gasteiger partial charge < -0.3 is 5.11 Å². The molecule has 1 aromatic rings. The van der Waals surface area contributed by atoms with Gasteiger partial charge in [0.25, 0.3) is 0 Å². The van der Waals surface area contributed by atoms with Crippen molar-refractivity contribution >= 4 is 0 Å². The van der Waals surface area contributed by atoms with E-state index in [1.165, 1.54) is 25.7 Å². The van der Waals surface area contributed by atoms with Crippen molar-refractivity contribution in [1.82, 2.24) is 0 Å². The monoisotopic (exact) mass is 234 g/mol. The Labute approximate surface area is 106 Å². The predicted molar refractivity (Wildman–Crippen MR) is 74.3 cm³/mol. The molecule has 0 fully saturated rings. The Morgan fingerprint density at radius 3 is 2.41 bits per heavy atom. The Morgan fingerprint density at radius 2 is 1.82 bits per heavy atom. The van der Waals surface area contributed by atoms with Gasteiger partial charge in [-0.15, -0.1) is 0 Å². The van der Waals surface area contributed by atoms with Crippen LogP contribution in [0.5, 0.6) is 5.75 Å². The molecule has 96 valence electrons. The van der Waals surface area contributed by atoms with Gasteiger partial charge in [0.05, 0.1) is 0 Å². The number of phenolic OH excluding ortho intramolecular Hbond substituents is 1. The Balaban J connectivity index is 2.45. The Bertz CT molecular complexity index is 319. The normalized spacial score (nSPS) is 14.5. The molecule has 0 aliphatic heterocycles. The smallest absolute Gasteiger partial charge is 0.118 e. The molecule has 2 atom stereocenters. The minimum atomic E-state index is 0.450. The fraction of sp³-hybridized carbons (Fsp3) is 0.625. The molecule has 0 aliphatic rings. The second-order valence-electron chi connectivity index (χ2n) is 5.19. The van der Waals surface area contributed by atoms with Crippen LogP contribution >= 0.6 is 0 Å². The Morgan fingerprint density at radius 1 is 1.12 bits per heavy atom. The molecule has 0 saturated carbocycles. The van der Waals surface area contributed by atoms with Crippen LogP contribution in [0.4, 0.5) is 0 Å². The maximum absolute atomic E-state index is 9.72. The quantitative estimate of drug-likeness (QED) is 0.719. The number of phenols is 1. The van der Waals surface area contributed by atoms with E-state index < -0.39 is 0 Å². The Hall–Kier alpha value is -0.980. The van der Waals surface area contributed by atoms with Crippen LogP contribution in [-0.4, -0.2) is 5.11 Å². The van der Waals surface area contributed by atoms with Crippen LogP contribution in [-0.2, 0) is 6.42 Å². The molecule has 0 saturated heterocycles. The molecule has 0 spiro atoms. The second kappa shape index (κ2) is 7.37. The molecular weight excluding hydrogens is 208 g/mol. The molecule has 1 aromatic carbocycles. The van der Waals surface area contributed by atoms with Crippen molar-refractivity contribution in [2.45, 2.75) is 52.9 Å². The van der Waals surface area contributed by atoms with Gasteiger partial charge in [0.2, 0.25) is 0 Å². The zero-order valence-corrected chi connectivity index (χ0v) is 11.4. The van der Waals surface area contributed by atoms with Gasteiger partial charge in [-0.1, -0.05) is 51.8 Å². The van der Waals surface area contributed by atoms with E-state index in [9.17, 15) is 5.11 Å². The molecule has 0 aromatic heterocycles. The summed E-state index contributed by atoms with van der Waals surface area (Å²) in [6.07, 6.45) is 6.03. The second-order valence-corrected chi connectivity index (χ2v) is 5.19. The lowest BCUT2D eigenvalue weighted by Crippen LogP contribution is -2.06. The number of aromatic hydroxyl groups is 1. The van der Waals surface area contributed by atoms with Gasteiger partial charge in [-0.3, -0.25) is 0 Å². The molecule has 1 heteroatoms. The van der Waals surface area contributed by atoms with Crippen molar-refractivity contribution in [1.29, 1.82) is 0 Å². The average molecular weight is 234 g/mol. The van der Waals surface area contributed by atoms with Crippen LogP contribution in [0.1, 0.15) is 52.0 Å². The highest BCUT2D eigenvalue weighted by Gasteiger charge is 2.11. The highest BCUT2D eigenvalue weighted by Crippen LogP contribution is 2.25. The molecule has 0 radical (unpaired) electrons. The van der Waals surface area contributed by atoms with Crippen LogP contribution < -0.4 is 0 Å². The van der Waals surface area contributed by atoms with Crippen molar-refractivity contribution in [3.63, 3.8) is 0 Å². The summed E-state index contributed by atoms with van der Waals surface area (Å²) < 4.78 is 0. The van der Waals surface area contributed by atoms with E-state index in [0.29, 0.717) is 5.75 Å². The van der Waals surface area contributed by atoms with Gasteiger partial charge >= 0.3 is 0 Å². The summed E-state index contributed by atoms with van der Waals surface area (Å²) in [4.78, 5) is 0. The van der Waals surface area contributed by atoms with E-state index >= 15 is 0 Å². The van der Waals surface area contributed by atoms with Crippen LogP contribution in [0.2, 0.25) is 0 Å². The van der Waals surface area contributed by atoms with Crippen molar-refractivity contribution in [2.24, 2.45) is 11.8 Å². The molecule has 0 heterocycles. The summed E-state index contributed by atoms with van der Waals surface area (Å²) in [6, 6.07) is 7.70. The largest absolute Gasteiger partial charge is 0.508 e. The third-order valence-corrected chi connectivity index (χ3v) is 3.82. The van der Waals surface area contributed by atoms with Gasteiger partial charge in [-0.25, -0.2) is 0 Å². The molecule has 1 nitrogen and oxygen atoms in total. The summed E-state index contributed by atoms with van der Waals surface area (Å²) in [7, 11) is 0. The van der Waals surface area contributed by atoms with Gasteiger partial charge in [0.1, 0.15) is 5.75 Å².